The van der Waals surface area contributed by atoms with Crippen LogP contribution < -0.4 is 0 Å². The molecule has 0 amide bonds. The predicted molar refractivity (Wildman–Crippen MR) is 48.3 cm³/mol. The van der Waals surface area contributed by atoms with Crippen LogP contribution in [-0.4, -0.2) is 0 Å². The molecule has 0 N–H and O–H groups in total. The topological polar surface area (TPSA) is 0 Å². The third-order valence-corrected chi connectivity index (χ3v) is 3.19. The third-order valence-electron chi connectivity index (χ3n) is 3.19. The smallest absolute Gasteiger partial charge is 0.104 e. The largest absolute Gasteiger partial charge is 0.211 e. The summed E-state index contributed by atoms with van der Waals surface area (Å²) in [5.41, 5.74) is 1.48. The molecule has 2 aliphatic carbocycles. The molecule has 1 fully saturated rings. The van der Waals surface area contributed by atoms with Gasteiger partial charge in [-0.05, 0) is 30.8 Å². The summed E-state index contributed by atoms with van der Waals surface area (Å²) in [6.45, 7) is 4.43. The molecule has 0 bridgehead atoms. The lowest BCUT2D eigenvalue weighted by molar-refractivity contribution is 0.535. The molecule has 1 saturated carbocycles. The quantitative estimate of drug-likeness (QED) is 0.589. The second-order valence-corrected chi connectivity index (χ2v) is 3.98. The van der Waals surface area contributed by atoms with E-state index in [2.05, 4.69) is 13.8 Å². The van der Waals surface area contributed by atoms with Gasteiger partial charge in [0.15, 0.2) is 0 Å². The molecule has 12 heavy (non-hydrogen) atoms. The van der Waals surface area contributed by atoms with E-state index in [-0.39, 0.29) is 11.7 Å². The molecule has 1 heteroatoms. The number of allylic oxidation sites excluding steroid dienone is 4. The first-order valence-electron chi connectivity index (χ1n) is 4.81. The van der Waals surface area contributed by atoms with Crippen LogP contribution in [0.3, 0.4) is 0 Å². The van der Waals surface area contributed by atoms with Gasteiger partial charge in [-0.15, -0.1) is 0 Å². The van der Waals surface area contributed by atoms with Crippen LogP contribution in [0.25, 0.3) is 0 Å². The van der Waals surface area contributed by atoms with E-state index in [9.17, 15) is 4.39 Å². The number of halogens is 1. The van der Waals surface area contributed by atoms with E-state index < -0.39 is 0 Å². The van der Waals surface area contributed by atoms with Crippen molar-refractivity contribution in [3.05, 3.63) is 23.6 Å². The molecule has 0 aromatic carbocycles. The molecule has 0 aromatic heterocycles. The summed E-state index contributed by atoms with van der Waals surface area (Å²) < 4.78 is 13.0. The van der Waals surface area contributed by atoms with Gasteiger partial charge in [-0.1, -0.05) is 25.5 Å². The summed E-state index contributed by atoms with van der Waals surface area (Å²) in [4.78, 5) is 0. The Labute approximate surface area is 73.2 Å². The first-order chi connectivity index (χ1) is 5.74. The molecule has 66 valence electrons. The standard InChI is InChI=1S/C11H15F/c1-3-7(2)8-4-5-11(12)10-6-9(8)10/h4-5,7,9-10H,3,6H2,1-2H3/t7-,9?,10?/m0/s1. The predicted octanol–water partition coefficient (Wildman–Crippen LogP) is 3.46. The van der Waals surface area contributed by atoms with Crippen molar-refractivity contribution in [3.8, 4) is 0 Å². The highest BCUT2D eigenvalue weighted by Gasteiger charge is 2.45. The zero-order valence-electron chi connectivity index (χ0n) is 7.68. The maximum atomic E-state index is 13.0. The van der Waals surface area contributed by atoms with E-state index in [1.165, 1.54) is 12.0 Å². The van der Waals surface area contributed by atoms with Gasteiger partial charge in [-0.2, -0.15) is 0 Å². The SMILES string of the molecule is CC[C@H](C)C1=CC=C(F)C2CC12. The van der Waals surface area contributed by atoms with Gasteiger partial charge in [0.1, 0.15) is 5.83 Å². The van der Waals surface area contributed by atoms with Gasteiger partial charge in [-0.25, -0.2) is 4.39 Å². The van der Waals surface area contributed by atoms with Crippen LogP contribution in [0.4, 0.5) is 4.39 Å². The van der Waals surface area contributed by atoms with Gasteiger partial charge in [0.05, 0.1) is 0 Å². The van der Waals surface area contributed by atoms with Crippen LogP contribution in [0.5, 0.6) is 0 Å². The molecular formula is C11H15F. The van der Waals surface area contributed by atoms with Crippen LogP contribution in [0, 0.1) is 17.8 Å². The Morgan fingerprint density at radius 3 is 2.92 bits per heavy atom. The fraction of sp³-hybridized carbons (Fsp3) is 0.636. The summed E-state index contributed by atoms with van der Waals surface area (Å²) >= 11 is 0. The molecule has 0 aromatic rings. The Morgan fingerprint density at radius 2 is 2.25 bits per heavy atom. The minimum absolute atomic E-state index is 0.104. The van der Waals surface area contributed by atoms with Crippen molar-refractivity contribution in [3.63, 3.8) is 0 Å². The summed E-state index contributed by atoms with van der Waals surface area (Å²) in [5, 5.41) is 0. The van der Waals surface area contributed by atoms with E-state index in [1.807, 2.05) is 6.08 Å². The molecule has 0 radical (unpaired) electrons. The molecule has 0 spiro atoms. The zero-order valence-corrected chi connectivity index (χ0v) is 7.68. The highest BCUT2D eigenvalue weighted by molar-refractivity contribution is 5.34. The highest BCUT2D eigenvalue weighted by Crippen LogP contribution is 2.53. The number of hydrogen-bond acceptors (Lipinski definition) is 0. The highest BCUT2D eigenvalue weighted by atomic mass is 19.1. The Morgan fingerprint density at radius 1 is 1.50 bits per heavy atom. The van der Waals surface area contributed by atoms with Crippen molar-refractivity contribution in [1.82, 2.24) is 0 Å². The van der Waals surface area contributed by atoms with Crippen molar-refractivity contribution in [1.29, 1.82) is 0 Å². The van der Waals surface area contributed by atoms with Crippen molar-refractivity contribution in [2.45, 2.75) is 26.7 Å². The molecule has 0 aliphatic heterocycles. The summed E-state index contributed by atoms with van der Waals surface area (Å²) in [5.74, 6) is 1.57. The minimum atomic E-state index is 0.104. The van der Waals surface area contributed by atoms with Crippen LogP contribution in [-0.2, 0) is 0 Å². The van der Waals surface area contributed by atoms with Gasteiger partial charge < -0.3 is 0 Å². The maximum Gasteiger partial charge on any atom is 0.104 e. The maximum absolute atomic E-state index is 13.0. The summed E-state index contributed by atoms with van der Waals surface area (Å²) in [7, 11) is 0. The first kappa shape index (κ1) is 8.03. The molecule has 0 heterocycles. The number of fused-ring (bicyclic) bond motifs is 1. The number of rotatable bonds is 2. The van der Waals surface area contributed by atoms with E-state index in [1.54, 1.807) is 6.08 Å². The fourth-order valence-corrected chi connectivity index (χ4v) is 2.06. The third kappa shape index (κ3) is 1.12. The van der Waals surface area contributed by atoms with Crippen LogP contribution in [0.1, 0.15) is 26.7 Å². The van der Waals surface area contributed by atoms with Crippen LogP contribution in [0.2, 0.25) is 0 Å². The molecular weight excluding hydrogens is 151 g/mol. The molecule has 0 nitrogen and oxygen atoms in total. The lowest BCUT2D eigenvalue weighted by Crippen LogP contribution is -2.04. The van der Waals surface area contributed by atoms with Gasteiger partial charge in [0.25, 0.3) is 0 Å². The Bertz CT molecular complexity index is 246. The van der Waals surface area contributed by atoms with Crippen LogP contribution in [0.15, 0.2) is 23.6 Å². The summed E-state index contributed by atoms with van der Waals surface area (Å²) in [6.07, 6.45) is 5.89. The monoisotopic (exact) mass is 166 g/mol. The lowest BCUT2D eigenvalue weighted by atomic mass is 9.91. The molecule has 3 atom stereocenters. The van der Waals surface area contributed by atoms with Crippen molar-refractivity contribution < 1.29 is 4.39 Å². The van der Waals surface area contributed by atoms with Crippen molar-refractivity contribution in [2.24, 2.45) is 17.8 Å². The second-order valence-electron chi connectivity index (χ2n) is 3.98. The van der Waals surface area contributed by atoms with Gasteiger partial charge in [0.2, 0.25) is 0 Å². The molecule has 0 saturated heterocycles. The first-order valence-corrected chi connectivity index (χ1v) is 4.81. The molecule has 2 aliphatic rings. The average Bonchev–Trinajstić information content (AvgIpc) is 2.84. The fourth-order valence-electron chi connectivity index (χ4n) is 2.06. The Kier molecular flexibility index (Phi) is 1.82. The zero-order chi connectivity index (χ0) is 8.72. The Balaban J connectivity index is 2.17. The normalized spacial score (nSPS) is 34.9. The van der Waals surface area contributed by atoms with Gasteiger partial charge >= 0.3 is 0 Å². The minimum Gasteiger partial charge on any atom is -0.211 e. The van der Waals surface area contributed by atoms with E-state index in [0.29, 0.717) is 11.8 Å². The lowest BCUT2D eigenvalue weighted by Gasteiger charge is -2.15. The van der Waals surface area contributed by atoms with E-state index in [0.717, 1.165) is 6.42 Å². The molecule has 2 rings (SSSR count). The van der Waals surface area contributed by atoms with E-state index >= 15 is 0 Å². The molecule has 2 unspecified atom stereocenters. The average molecular weight is 166 g/mol. The Hall–Kier alpha value is -0.590. The van der Waals surface area contributed by atoms with Crippen molar-refractivity contribution in [2.75, 3.05) is 0 Å². The van der Waals surface area contributed by atoms with Gasteiger partial charge in [0, 0.05) is 5.92 Å². The second kappa shape index (κ2) is 2.72. The van der Waals surface area contributed by atoms with Crippen molar-refractivity contribution >= 4 is 0 Å². The van der Waals surface area contributed by atoms with Crippen LogP contribution >= 0.6 is 0 Å². The van der Waals surface area contributed by atoms with Gasteiger partial charge in [-0.3, -0.25) is 0 Å². The van der Waals surface area contributed by atoms with E-state index in [4.69, 9.17) is 0 Å². The number of hydrogen-bond donors (Lipinski definition) is 0. The summed E-state index contributed by atoms with van der Waals surface area (Å²) in [6, 6.07) is 0.